The van der Waals surface area contributed by atoms with E-state index in [1.165, 1.54) is 12.0 Å². The van der Waals surface area contributed by atoms with Crippen molar-refractivity contribution in [1.29, 1.82) is 0 Å². The highest BCUT2D eigenvalue weighted by Crippen LogP contribution is 2.30. The van der Waals surface area contributed by atoms with Crippen LogP contribution in [0.4, 0.5) is 0 Å². The second-order valence-corrected chi connectivity index (χ2v) is 5.76. The highest BCUT2D eigenvalue weighted by molar-refractivity contribution is 5.36. The summed E-state index contributed by atoms with van der Waals surface area (Å²) in [7, 11) is 2.22. The van der Waals surface area contributed by atoms with E-state index >= 15 is 0 Å². The van der Waals surface area contributed by atoms with Crippen LogP contribution in [0, 0.1) is 0 Å². The van der Waals surface area contributed by atoms with Crippen LogP contribution in [0.15, 0.2) is 24.3 Å². The van der Waals surface area contributed by atoms with Crippen LogP contribution in [0.25, 0.3) is 0 Å². The van der Waals surface area contributed by atoms with Crippen LogP contribution in [0.5, 0.6) is 5.75 Å². The van der Waals surface area contributed by atoms with E-state index in [-0.39, 0.29) is 6.04 Å². The van der Waals surface area contributed by atoms with E-state index in [0.29, 0.717) is 19.2 Å². The van der Waals surface area contributed by atoms with Crippen molar-refractivity contribution in [1.82, 2.24) is 9.80 Å². The molecule has 1 aromatic carbocycles. The Balaban J connectivity index is 2.19. The normalized spacial score (nSPS) is 22.2. The van der Waals surface area contributed by atoms with Crippen LogP contribution in [0.3, 0.4) is 0 Å². The van der Waals surface area contributed by atoms with Gasteiger partial charge in [0.05, 0.1) is 12.6 Å². The first kappa shape index (κ1) is 16.3. The van der Waals surface area contributed by atoms with Gasteiger partial charge in [-0.25, -0.2) is 0 Å². The van der Waals surface area contributed by atoms with Gasteiger partial charge < -0.3 is 15.4 Å². The summed E-state index contributed by atoms with van der Waals surface area (Å²) in [6.07, 6.45) is 1.18. The lowest BCUT2D eigenvalue weighted by Crippen LogP contribution is -2.53. The second-order valence-electron chi connectivity index (χ2n) is 5.76. The van der Waals surface area contributed by atoms with Gasteiger partial charge in [-0.1, -0.05) is 25.1 Å². The smallest absolute Gasteiger partial charge is 0.124 e. The Labute approximate surface area is 128 Å². The van der Waals surface area contributed by atoms with Crippen molar-refractivity contribution in [2.75, 3.05) is 39.8 Å². The Morgan fingerprint density at radius 1 is 1.29 bits per heavy atom. The van der Waals surface area contributed by atoms with Gasteiger partial charge in [0.15, 0.2) is 0 Å². The molecule has 0 aliphatic carbocycles. The van der Waals surface area contributed by atoms with Gasteiger partial charge in [-0.15, -0.1) is 0 Å². The molecule has 1 fully saturated rings. The third kappa shape index (κ3) is 3.76. The van der Waals surface area contributed by atoms with E-state index in [9.17, 15) is 0 Å². The average molecular weight is 291 g/mol. The molecule has 1 heterocycles. The standard InChI is InChI=1S/C17H29N3O/c1-4-14-13-20(11-10-19(14)3)16(12-18)15-8-6-7-9-17(15)21-5-2/h6-9,14,16H,4-5,10-13,18H2,1-3H3. The minimum atomic E-state index is 0.246. The summed E-state index contributed by atoms with van der Waals surface area (Å²) in [5, 5.41) is 0. The van der Waals surface area contributed by atoms with Crippen LogP contribution >= 0.6 is 0 Å². The number of nitrogens with two attached hydrogens (primary N) is 1. The van der Waals surface area contributed by atoms with Gasteiger partial charge in [0, 0.05) is 37.8 Å². The summed E-state index contributed by atoms with van der Waals surface area (Å²) in [4.78, 5) is 4.98. The molecule has 0 bridgehead atoms. The zero-order valence-corrected chi connectivity index (χ0v) is 13.6. The van der Waals surface area contributed by atoms with Gasteiger partial charge in [-0.2, -0.15) is 0 Å². The van der Waals surface area contributed by atoms with Crippen molar-refractivity contribution in [3.63, 3.8) is 0 Å². The fourth-order valence-electron chi connectivity index (χ4n) is 3.21. The summed E-state index contributed by atoms with van der Waals surface area (Å²) in [6.45, 7) is 8.85. The van der Waals surface area contributed by atoms with Crippen molar-refractivity contribution in [2.45, 2.75) is 32.4 Å². The zero-order chi connectivity index (χ0) is 15.2. The van der Waals surface area contributed by atoms with E-state index in [4.69, 9.17) is 10.5 Å². The van der Waals surface area contributed by atoms with E-state index in [1.54, 1.807) is 0 Å². The molecule has 0 aromatic heterocycles. The third-order valence-electron chi connectivity index (χ3n) is 4.52. The van der Waals surface area contributed by atoms with Crippen molar-refractivity contribution in [3.05, 3.63) is 29.8 Å². The molecule has 2 atom stereocenters. The first-order chi connectivity index (χ1) is 10.2. The summed E-state index contributed by atoms with van der Waals surface area (Å²) >= 11 is 0. The molecule has 0 radical (unpaired) electrons. The van der Waals surface area contributed by atoms with Crippen LogP contribution in [-0.4, -0.2) is 55.7 Å². The van der Waals surface area contributed by atoms with E-state index in [2.05, 4.69) is 42.0 Å². The van der Waals surface area contributed by atoms with Gasteiger partial charge in [-0.05, 0) is 26.5 Å². The Hall–Kier alpha value is -1.10. The van der Waals surface area contributed by atoms with Gasteiger partial charge in [0.2, 0.25) is 0 Å². The van der Waals surface area contributed by atoms with Gasteiger partial charge in [-0.3, -0.25) is 4.90 Å². The average Bonchev–Trinajstić information content (AvgIpc) is 2.51. The molecule has 2 N–H and O–H groups in total. The van der Waals surface area contributed by atoms with Crippen LogP contribution in [-0.2, 0) is 0 Å². The monoisotopic (exact) mass is 291 g/mol. The second kappa shape index (κ2) is 7.78. The highest BCUT2D eigenvalue weighted by Gasteiger charge is 2.29. The van der Waals surface area contributed by atoms with Crippen LogP contribution in [0.1, 0.15) is 31.9 Å². The molecule has 0 spiro atoms. The van der Waals surface area contributed by atoms with Gasteiger partial charge in [0.25, 0.3) is 0 Å². The SMILES string of the molecule is CCOc1ccccc1C(CN)N1CCN(C)C(CC)C1. The quantitative estimate of drug-likeness (QED) is 0.871. The number of hydrogen-bond acceptors (Lipinski definition) is 4. The van der Waals surface area contributed by atoms with E-state index in [0.717, 1.165) is 25.4 Å². The lowest BCUT2D eigenvalue weighted by Gasteiger charge is -2.43. The number of piperazine rings is 1. The predicted octanol–water partition coefficient (Wildman–Crippen LogP) is 2.11. The zero-order valence-electron chi connectivity index (χ0n) is 13.6. The summed E-state index contributed by atoms with van der Waals surface area (Å²) < 4.78 is 5.79. The predicted molar refractivity (Wildman–Crippen MR) is 87.7 cm³/mol. The maximum atomic E-state index is 6.11. The number of nitrogens with zero attached hydrogens (tertiary/aromatic N) is 2. The van der Waals surface area contributed by atoms with Crippen molar-refractivity contribution < 1.29 is 4.74 Å². The molecular formula is C17H29N3O. The van der Waals surface area contributed by atoms with Gasteiger partial charge in [0.1, 0.15) is 5.75 Å². The van der Waals surface area contributed by atoms with E-state index in [1.807, 2.05) is 13.0 Å². The molecule has 21 heavy (non-hydrogen) atoms. The minimum Gasteiger partial charge on any atom is -0.494 e. The molecule has 4 heteroatoms. The number of benzene rings is 1. The van der Waals surface area contributed by atoms with Crippen LogP contribution in [0.2, 0.25) is 0 Å². The maximum Gasteiger partial charge on any atom is 0.124 e. The van der Waals surface area contributed by atoms with E-state index < -0.39 is 0 Å². The van der Waals surface area contributed by atoms with Crippen molar-refractivity contribution >= 4 is 0 Å². The Bertz CT molecular complexity index is 438. The molecule has 4 nitrogen and oxygen atoms in total. The van der Waals surface area contributed by atoms with Crippen molar-refractivity contribution in [2.24, 2.45) is 5.73 Å². The lowest BCUT2D eigenvalue weighted by atomic mass is 10.0. The molecule has 0 amide bonds. The number of rotatable bonds is 6. The minimum absolute atomic E-state index is 0.246. The Morgan fingerprint density at radius 2 is 2.05 bits per heavy atom. The number of ether oxygens (including phenoxy) is 1. The third-order valence-corrected chi connectivity index (χ3v) is 4.52. The van der Waals surface area contributed by atoms with Gasteiger partial charge >= 0.3 is 0 Å². The first-order valence-corrected chi connectivity index (χ1v) is 8.07. The molecule has 1 saturated heterocycles. The Kier molecular flexibility index (Phi) is 6.03. The largest absolute Gasteiger partial charge is 0.494 e. The summed E-state index contributed by atoms with van der Waals surface area (Å²) in [5.74, 6) is 0.974. The molecular weight excluding hydrogens is 262 g/mol. The maximum absolute atomic E-state index is 6.11. The molecule has 1 aliphatic rings. The summed E-state index contributed by atoms with van der Waals surface area (Å²) in [6, 6.07) is 9.17. The molecule has 0 saturated carbocycles. The lowest BCUT2D eigenvalue weighted by molar-refractivity contribution is 0.0634. The van der Waals surface area contributed by atoms with Crippen LogP contribution < -0.4 is 10.5 Å². The molecule has 118 valence electrons. The number of likely N-dealkylation sites (N-methyl/N-ethyl adjacent to an activating group) is 1. The topological polar surface area (TPSA) is 41.7 Å². The fourth-order valence-corrected chi connectivity index (χ4v) is 3.21. The summed E-state index contributed by atoms with van der Waals surface area (Å²) in [5.41, 5.74) is 7.33. The number of hydrogen-bond donors (Lipinski definition) is 1. The molecule has 2 rings (SSSR count). The highest BCUT2D eigenvalue weighted by atomic mass is 16.5. The molecule has 2 unspecified atom stereocenters. The van der Waals surface area contributed by atoms with Crippen molar-refractivity contribution in [3.8, 4) is 5.75 Å². The molecule has 1 aliphatic heterocycles. The molecule has 1 aromatic rings. The fraction of sp³-hybridized carbons (Fsp3) is 0.647. The number of para-hydroxylation sites is 1. The first-order valence-electron chi connectivity index (χ1n) is 8.07. The Morgan fingerprint density at radius 3 is 2.71 bits per heavy atom.